The molecule has 0 aromatic heterocycles. The van der Waals surface area contributed by atoms with E-state index in [4.69, 9.17) is 4.74 Å². The summed E-state index contributed by atoms with van der Waals surface area (Å²) >= 11 is 0. The highest BCUT2D eigenvalue weighted by molar-refractivity contribution is 5.76. The molecule has 2 rings (SSSR count). The van der Waals surface area contributed by atoms with E-state index in [0.717, 1.165) is 11.1 Å². The number of methoxy groups -OCH3 is 1. The fraction of sp³-hybridized carbons (Fsp3) is 0.417. The van der Waals surface area contributed by atoms with Crippen molar-refractivity contribution in [3.8, 4) is 0 Å². The maximum atomic E-state index is 11.2. The summed E-state index contributed by atoms with van der Waals surface area (Å²) in [5.74, 6) is -0.815. The predicted octanol–water partition coefficient (Wildman–Crippen LogP) is 1.45. The number of aliphatic carboxylic acids is 1. The van der Waals surface area contributed by atoms with Gasteiger partial charge in [-0.3, -0.25) is 9.69 Å². The number of carbonyl (C=O) groups is 1. The van der Waals surface area contributed by atoms with E-state index in [9.17, 15) is 9.90 Å². The summed E-state index contributed by atoms with van der Waals surface area (Å²) in [7, 11) is 3.46. The van der Waals surface area contributed by atoms with Crippen molar-refractivity contribution in [2.45, 2.75) is 12.1 Å². The zero-order valence-electron chi connectivity index (χ0n) is 9.38. The first-order valence-electron chi connectivity index (χ1n) is 5.19. The molecule has 4 heteroatoms. The summed E-state index contributed by atoms with van der Waals surface area (Å²) in [6.07, 6.45) is -0.0446. The van der Waals surface area contributed by atoms with Crippen LogP contribution in [0.3, 0.4) is 0 Å². The molecule has 1 N–H and O–H groups in total. The first-order chi connectivity index (χ1) is 7.65. The molecule has 86 valence electrons. The van der Waals surface area contributed by atoms with E-state index < -0.39 is 12.0 Å². The molecule has 0 bridgehead atoms. The van der Waals surface area contributed by atoms with Crippen molar-refractivity contribution in [2.24, 2.45) is 0 Å². The largest absolute Gasteiger partial charge is 0.480 e. The van der Waals surface area contributed by atoms with Crippen LogP contribution in [0.1, 0.15) is 23.3 Å². The Labute approximate surface area is 94.4 Å². The molecule has 2 atom stereocenters. The zero-order valence-corrected chi connectivity index (χ0v) is 9.38. The SMILES string of the molecule is COC1CN(C)C(C(=O)O)c2ccccc21. The van der Waals surface area contributed by atoms with Crippen LogP contribution in [0.4, 0.5) is 0 Å². The number of carboxylic acids is 1. The van der Waals surface area contributed by atoms with E-state index >= 15 is 0 Å². The summed E-state index contributed by atoms with van der Waals surface area (Å²) in [4.78, 5) is 13.0. The minimum absolute atomic E-state index is 0.0446. The summed E-state index contributed by atoms with van der Waals surface area (Å²) in [5.41, 5.74) is 1.81. The van der Waals surface area contributed by atoms with Gasteiger partial charge < -0.3 is 9.84 Å². The van der Waals surface area contributed by atoms with Gasteiger partial charge in [0.15, 0.2) is 0 Å². The number of benzene rings is 1. The van der Waals surface area contributed by atoms with Crippen molar-refractivity contribution >= 4 is 5.97 Å². The van der Waals surface area contributed by atoms with Gasteiger partial charge >= 0.3 is 5.97 Å². The van der Waals surface area contributed by atoms with Crippen molar-refractivity contribution in [3.63, 3.8) is 0 Å². The number of hydrogen-bond acceptors (Lipinski definition) is 3. The predicted molar refractivity (Wildman–Crippen MR) is 59.2 cm³/mol. The molecule has 0 saturated carbocycles. The molecule has 0 amide bonds. The maximum Gasteiger partial charge on any atom is 0.325 e. The van der Waals surface area contributed by atoms with Crippen molar-refractivity contribution in [2.75, 3.05) is 20.7 Å². The average Bonchev–Trinajstić information content (AvgIpc) is 2.27. The number of fused-ring (bicyclic) bond motifs is 1. The maximum absolute atomic E-state index is 11.2. The summed E-state index contributed by atoms with van der Waals surface area (Å²) < 4.78 is 5.38. The topological polar surface area (TPSA) is 49.8 Å². The highest BCUT2D eigenvalue weighted by Gasteiger charge is 2.34. The molecule has 0 saturated heterocycles. The van der Waals surface area contributed by atoms with Crippen LogP contribution in [0.25, 0.3) is 0 Å². The minimum Gasteiger partial charge on any atom is -0.480 e. The molecule has 0 spiro atoms. The highest BCUT2D eigenvalue weighted by Crippen LogP contribution is 2.35. The Morgan fingerprint density at radius 3 is 2.62 bits per heavy atom. The lowest BCUT2D eigenvalue weighted by molar-refractivity contribution is -0.144. The molecule has 2 unspecified atom stereocenters. The molecular weight excluding hydrogens is 206 g/mol. The van der Waals surface area contributed by atoms with E-state index in [1.54, 1.807) is 19.1 Å². The lowest BCUT2D eigenvalue weighted by Crippen LogP contribution is -2.39. The lowest BCUT2D eigenvalue weighted by Gasteiger charge is -2.36. The van der Waals surface area contributed by atoms with Gasteiger partial charge in [-0.05, 0) is 18.2 Å². The monoisotopic (exact) mass is 221 g/mol. The van der Waals surface area contributed by atoms with Crippen LogP contribution < -0.4 is 0 Å². The fourth-order valence-electron chi connectivity index (χ4n) is 2.28. The third-order valence-electron chi connectivity index (χ3n) is 3.05. The number of nitrogens with zero attached hydrogens (tertiary/aromatic N) is 1. The molecule has 4 nitrogen and oxygen atoms in total. The van der Waals surface area contributed by atoms with Crippen LogP contribution in [0.15, 0.2) is 24.3 Å². The second-order valence-corrected chi connectivity index (χ2v) is 4.03. The average molecular weight is 221 g/mol. The van der Waals surface area contributed by atoms with E-state index in [0.29, 0.717) is 6.54 Å². The number of carboxylic acid groups (broad SMARTS) is 1. The quantitative estimate of drug-likeness (QED) is 0.821. The smallest absolute Gasteiger partial charge is 0.325 e. The highest BCUT2D eigenvalue weighted by atomic mass is 16.5. The molecular formula is C12H15NO3. The van der Waals surface area contributed by atoms with Crippen LogP contribution in [0.2, 0.25) is 0 Å². The first kappa shape index (κ1) is 11.1. The van der Waals surface area contributed by atoms with E-state index in [-0.39, 0.29) is 6.10 Å². The summed E-state index contributed by atoms with van der Waals surface area (Å²) in [6, 6.07) is 7.00. The Bertz CT molecular complexity index is 405. The first-order valence-corrected chi connectivity index (χ1v) is 5.19. The molecule has 0 radical (unpaired) electrons. The van der Waals surface area contributed by atoms with Crippen LogP contribution in [0, 0.1) is 0 Å². The molecule has 1 aliphatic rings. The Balaban J connectivity index is 2.49. The van der Waals surface area contributed by atoms with Gasteiger partial charge in [0.05, 0.1) is 6.10 Å². The van der Waals surface area contributed by atoms with Gasteiger partial charge in [0.2, 0.25) is 0 Å². The molecule has 1 heterocycles. The van der Waals surface area contributed by atoms with Gasteiger partial charge in [0.1, 0.15) is 6.04 Å². The van der Waals surface area contributed by atoms with E-state index in [1.807, 2.05) is 24.3 Å². The molecule has 1 aliphatic heterocycles. The van der Waals surface area contributed by atoms with E-state index in [1.165, 1.54) is 0 Å². The van der Waals surface area contributed by atoms with Gasteiger partial charge in [0.25, 0.3) is 0 Å². The van der Waals surface area contributed by atoms with Crippen molar-refractivity contribution in [3.05, 3.63) is 35.4 Å². The molecule has 0 aliphatic carbocycles. The Morgan fingerprint density at radius 1 is 1.44 bits per heavy atom. The standard InChI is InChI=1S/C12H15NO3/c1-13-7-10(16-2)8-5-3-4-6-9(8)11(13)12(14)15/h3-6,10-11H,7H2,1-2H3,(H,14,15). The van der Waals surface area contributed by atoms with Crippen LogP contribution in [-0.2, 0) is 9.53 Å². The van der Waals surface area contributed by atoms with Crippen LogP contribution >= 0.6 is 0 Å². The van der Waals surface area contributed by atoms with Crippen LogP contribution in [-0.4, -0.2) is 36.7 Å². The van der Waals surface area contributed by atoms with Gasteiger partial charge in [-0.25, -0.2) is 0 Å². The number of ether oxygens (including phenoxy) is 1. The van der Waals surface area contributed by atoms with Gasteiger partial charge in [-0.2, -0.15) is 0 Å². The van der Waals surface area contributed by atoms with Crippen molar-refractivity contribution < 1.29 is 14.6 Å². The third-order valence-corrected chi connectivity index (χ3v) is 3.05. The number of hydrogen-bond donors (Lipinski definition) is 1. The second-order valence-electron chi connectivity index (χ2n) is 4.03. The van der Waals surface area contributed by atoms with E-state index in [2.05, 4.69) is 0 Å². The Hall–Kier alpha value is -1.39. The zero-order chi connectivity index (χ0) is 11.7. The molecule has 16 heavy (non-hydrogen) atoms. The van der Waals surface area contributed by atoms with Crippen molar-refractivity contribution in [1.29, 1.82) is 0 Å². The van der Waals surface area contributed by atoms with Gasteiger partial charge in [-0.15, -0.1) is 0 Å². The molecule has 1 aromatic rings. The third kappa shape index (κ3) is 1.70. The Kier molecular flexibility index (Phi) is 2.94. The fourth-order valence-corrected chi connectivity index (χ4v) is 2.28. The number of likely N-dealkylation sites (N-methyl/N-ethyl adjacent to an activating group) is 1. The normalized spacial score (nSPS) is 25.1. The van der Waals surface area contributed by atoms with Gasteiger partial charge in [-0.1, -0.05) is 24.3 Å². The second kappa shape index (κ2) is 4.23. The molecule has 1 aromatic carbocycles. The minimum atomic E-state index is -0.815. The molecule has 0 fully saturated rings. The summed E-state index contributed by atoms with van der Waals surface area (Å²) in [6.45, 7) is 0.602. The summed E-state index contributed by atoms with van der Waals surface area (Å²) in [5, 5.41) is 9.23. The Morgan fingerprint density at radius 2 is 2.06 bits per heavy atom. The van der Waals surface area contributed by atoms with Crippen molar-refractivity contribution in [1.82, 2.24) is 4.90 Å². The van der Waals surface area contributed by atoms with Crippen LogP contribution in [0.5, 0.6) is 0 Å². The number of rotatable bonds is 2. The van der Waals surface area contributed by atoms with Gasteiger partial charge in [0, 0.05) is 13.7 Å². The lowest BCUT2D eigenvalue weighted by atomic mass is 9.91.